The number of rotatable bonds is 2. The molecule has 1 spiro atoms. The van der Waals surface area contributed by atoms with Crippen molar-refractivity contribution in [2.45, 2.75) is 44.7 Å². The quantitative estimate of drug-likeness (QED) is 0.452. The van der Waals surface area contributed by atoms with Crippen molar-refractivity contribution in [2.24, 2.45) is 0 Å². The molecule has 0 radical (unpaired) electrons. The summed E-state index contributed by atoms with van der Waals surface area (Å²) in [5.74, 6) is -0.493. The van der Waals surface area contributed by atoms with E-state index in [-0.39, 0.29) is 17.3 Å². The Morgan fingerprint density at radius 2 is 2.00 bits per heavy atom. The summed E-state index contributed by atoms with van der Waals surface area (Å²) in [6.45, 7) is 1.73. The number of amides is 1. The van der Waals surface area contributed by atoms with E-state index in [9.17, 15) is 14.7 Å². The number of hydrogen-bond acceptors (Lipinski definition) is 4. The van der Waals surface area contributed by atoms with Crippen molar-refractivity contribution < 1.29 is 14.7 Å². The number of aldehydes is 1. The number of hydrogen-bond donors (Lipinski definition) is 2. The number of nitrogens with zero attached hydrogens (tertiary/aromatic N) is 1. The lowest BCUT2D eigenvalue weighted by molar-refractivity contribution is -0.117. The Morgan fingerprint density at radius 1 is 1.37 bits per heavy atom. The Morgan fingerprint density at radius 3 is 2.58 bits per heavy atom. The summed E-state index contributed by atoms with van der Waals surface area (Å²) in [5, 5.41) is 12.3. The SMILES string of the molecule is CC(/C=C(/O)C=O)=C1\C(=O)NC2(CCCCC2)N1C. The van der Waals surface area contributed by atoms with Crippen molar-refractivity contribution in [1.29, 1.82) is 0 Å². The highest BCUT2D eigenvalue weighted by Gasteiger charge is 2.46. The van der Waals surface area contributed by atoms with Crippen LogP contribution in [0.25, 0.3) is 0 Å². The van der Waals surface area contributed by atoms with Crippen molar-refractivity contribution in [3.05, 3.63) is 23.1 Å². The fraction of sp³-hybridized carbons (Fsp3) is 0.571. The molecule has 104 valence electrons. The van der Waals surface area contributed by atoms with Crippen LogP contribution >= 0.6 is 0 Å². The normalized spacial score (nSPS) is 25.5. The van der Waals surface area contributed by atoms with Crippen LogP contribution in [0.4, 0.5) is 0 Å². The van der Waals surface area contributed by atoms with Crippen LogP contribution in [0, 0.1) is 0 Å². The van der Waals surface area contributed by atoms with Crippen molar-refractivity contribution in [2.75, 3.05) is 7.05 Å². The van der Waals surface area contributed by atoms with Gasteiger partial charge in [0.2, 0.25) is 0 Å². The van der Waals surface area contributed by atoms with Gasteiger partial charge in [0, 0.05) is 7.05 Å². The molecule has 0 aromatic rings. The fourth-order valence-electron chi connectivity index (χ4n) is 3.09. The van der Waals surface area contributed by atoms with Gasteiger partial charge in [-0.25, -0.2) is 0 Å². The van der Waals surface area contributed by atoms with Crippen LogP contribution < -0.4 is 5.32 Å². The predicted octanol–water partition coefficient (Wildman–Crippen LogP) is 1.62. The largest absolute Gasteiger partial charge is 0.505 e. The molecule has 0 aromatic carbocycles. The Hall–Kier alpha value is -1.78. The van der Waals surface area contributed by atoms with Crippen molar-refractivity contribution in [3.63, 3.8) is 0 Å². The number of likely N-dealkylation sites (N-methyl/N-ethyl adjacent to an activating group) is 1. The first-order valence-corrected chi connectivity index (χ1v) is 6.63. The second-order valence-electron chi connectivity index (χ2n) is 5.32. The number of allylic oxidation sites excluding steroid dienone is 3. The predicted molar refractivity (Wildman–Crippen MR) is 71.2 cm³/mol. The van der Waals surface area contributed by atoms with Gasteiger partial charge in [-0.3, -0.25) is 9.59 Å². The average molecular weight is 264 g/mol. The molecule has 2 fully saturated rings. The van der Waals surface area contributed by atoms with Crippen molar-refractivity contribution in [3.8, 4) is 0 Å². The number of aliphatic hydroxyl groups excluding tert-OH is 1. The zero-order valence-electron chi connectivity index (χ0n) is 11.4. The third-order valence-corrected chi connectivity index (χ3v) is 4.08. The van der Waals surface area contributed by atoms with E-state index < -0.39 is 0 Å². The summed E-state index contributed by atoms with van der Waals surface area (Å²) in [5.41, 5.74) is 0.860. The number of aliphatic hydroxyl groups is 1. The minimum atomic E-state index is -0.365. The Balaban J connectivity index is 2.35. The van der Waals surface area contributed by atoms with Crippen LogP contribution in [0.15, 0.2) is 23.1 Å². The second kappa shape index (κ2) is 5.07. The standard InChI is InChI=1S/C14H20N2O3/c1-10(8-11(18)9-17)12-13(19)15-14(16(12)2)6-4-3-5-7-14/h8-9,18H,3-7H2,1-2H3,(H,15,19)/b11-8+,12-10-. The van der Waals surface area contributed by atoms with Crippen LogP contribution in [0.1, 0.15) is 39.0 Å². The maximum atomic E-state index is 12.2. The molecule has 1 aliphatic carbocycles. The molecule has 1 saturated heterocycles. The molecule has 1 amide bonds. The van der Waals surface area contributed by atoms with Crippen molar-refractivity contribution >= 4 is 12.2 Å². The highest BCUT2D eigenvalue weighted by atomic mass is 16.3. The average Bonchev–Trinajstić information content (AvgIpc) is 2.61. The van der Waals surface area contributed by atoms with Crippen LogP contribution in [-0.2, 0) is 9.59 Å². The van der Waals surface area contributed by atoms with Crippen LogP contribution in [0.3, 0.4) is 0 Å². The van der Waals surface area contributed by atoms with Gasteiger partial charge in [-0.15, -0.1) is 0 Å². The summed E-state index contributed by atoms with van der Waals surface area (Å²) < 4.78 is 0. The van der Waals surface area contributed by atoms with Gasteiger partial charge < -0.3 is 15.3 Å². The van der Waals surface area contributed by atoms with Crippen LogP contribution in [0.2, 0.25) is 0 Å². The molecular formula is C14H20N2O3. The molecular weight excluding hydrogens is 244 g/mol. The van der Waals surface area contributed by atoms with E-state index in [0.717, 1.165) is 25.7 Å². The maximum Gasteiger partial charge on any atom is 0.269 e. The van der Waals surface area contributed by atoms with Gasteiger partial charge in [-0.2, -0.15) is 0 Å². The van der Waals surface area contributed by atoms with Crippen molar-refractivity contribution in [1.82, 2.24) is 10.2 Å². The second-order valence-corrected chi connectivity index (χ2v) is 5.32. The van der Waals surface area contributed by atoms with Gasteiger partial charge in [-0.1, -0.05) is 6.42 Å². The summed E-state index contributed by atoms with van der Waals surface area (Å²) in [4.78, 5) is 24.6. The van der Waals surface area contributed by atoms with Gasteiger partial charge in [-0.05, 0) is 44.3 Å². The van der Waals surface area contributed by atoms with E-state index in [1.807, 2.05) is 11.9 Å². The third kappa shape index (κ3) is 2.37. The summed E-state index contributed by atoms with van der Waals surface area (Å²) in [7, 11) is 1.90. The monoisotopic (exact) mass is 264 g/mol. The summed E-state index contributed by atoms with van der Waals surface area (Å²) in [6.07, 6.45) is 6.99. The third-order valence-electron chi connectivity index (χ3n) is 4.08. The minimum Gasteiger partial charge on any atom is -0.505 e. The highest BCUT2D eigenvalue weighted by Crippen LogP contribution is 2.37. The minimum absolute atomic E-state index is 0.128. The molecule has 2 aliphatic rings. The highest BCUT2D eigenvalue weighted by molar-refractivity contribution is 5.97. The van der Waals surface area contributed by atoms with Gasteiger partial charge in [0.15, 0.2) is 12.0 Å². The first kappa shape index (κ1) is 13.6. The Bertz CT molecular complexity index is 459. The molecule has 0 atom stereocenters. The molecule has 1 saturated carbocycles. The topological polar surface area (TPSA) is 69.6 Å². The zero-order chi connectivity index (χ0) is 14.0. The first-order valence-electron chi connectivity index (χ1n) is 6.63. The molecule has 5 nitrogen and oxygen atoms in total. The van der Waals surface area contributed by atoms with Gasteiger partial charge in [0.05, 0.1) is 0 Å². The van der Waals surface area contributed by atoms with Gasteiger partial charge in [0.25, 0.3) is 5.91 Å². The fourth-order valence-corrected chi connectivity index (χ4v) is 3.09. The van der Waals surface area contributed by atoms with E-state index in [2.05, 4.69) is 5.32 Å². The van der Waals surface area contributed by atoms with E-state index >= 15 is 0 Å². The molecule has 2 N–H and O–H groups in total. The lowest BCUT2D eigenvalue weighted by Crippen LogP contribution is -2.51. The van der Waals surface area contributed by atoms with Crippen LogP contribution in [-0.4, -0.2) is 34.9 Å². The molecule has 1 aliphatic heterocycles. The molecule has 1 heterocycles. The maximum absolute atomic E-state index is 12.2. The zero-order valence-corrected chi connectivity index (χ0v) is 11.4. The number of carbonyl (C=O) groups is 2. The summed E-state index contributed by atoms with van der Waals surface area (Å²) >= 11 is 0. The van der Waals surface area contributed by atoms with E-state index in [0.29, 0.717) is 17.6 Å². The van der Waals surface area contributed by atoms with E-state index in [4.69, 9.17) is 0 Å². The molecule has 0 aromatic heterocycles. The molecule has 5 heteroatoms. The molecule has 19 heavy (non-hydrogen) atoms. The van der Waals surface area contributed by atoms with Gasteiger partial charge in [0.1, 0.15) is 11.4 Å². The van der Waals surface area contributed by atoms with Gasteiger partial charge >= 0.3 is 0 Å². The molecule has 0 bridgehead atoms. The Labute approximate surface area is 113 Å². The number of carbonyl (C=O) groups excluding carboxylic acids is 2. The van der Waals surface area contributed by atoms with Crippen LogP contribution in [0.5, 0.6) is 0 Å². The van der Waals surface area contributed by atoms with E-state index in [1.54, 1.807) is 6.92 Å². The Kier molecular flexibility index (Phi) is 3.64. The smallest absolute Gasteiger partial charge is 0.269 e. The first-order chi connectivity index (χ1) is 9.00. The lowest BCUT2D eigenvalue weighted by Gasteiger charge is -2.39. The lowest BCUT2D eigenvalue weighted by atomic mass is 9.88. The summed E-state index contributed by atoms with van der Waals surface area (Å²) in [6, 6.07) is 0. The molecule has 2 rings (SSSR count). The number of nitrogens with one attached hydrogen (secondary N) is 1. The molecule has 0 unspecified atom stereocenters. The van der Waals surface area contributed by atoms with E-state index in [1.165, 1.54) is 12.5 Å².